The number of unbranched alkanes of at least 4 members (excludes halogenated alkanes) is 1. The van der Waals surface area contributed by atoms with Crippen molar-refractivity contribution in [2.45, 2.75) is 26.2 Å². The fourth-order valence-corrected chi connectivity index (χ4v) is 1.30. The molecule has 1 rings (SSSR count). The highest BCUT2D eigenvalue weighted by Gasteiger charge is 2.08. The van der Waals surface area contributed by atoms with Crippen molar-refractivity contribution in [2.24, 2.45) is 0 Å². The first-order chi connectivity index (χ1) is 7.07. The van der Waals surface area contributed by atoms with Crippen LogP contribution in [0.1, 0.15) is 25.3 Å². The molecule has 5 nitrogen and oxygen atoms in total. The Labute approximate surface area is 87.1 Å². The SMILES string of the molecule is CCCCc1ccc([N+](=O)[O-])c([O-])c1[O-]. The van der Waals surface area contributed by atoms with Gasteiger partial charge in [-0.3, -0.25) is 10.1 Å². The van der Waals surface area contributed by atoms with Crippen molar-refractivity contribution in [3.63, 3.8) is 0 Å². The molecule has 15 heavy (non-hydrogen) atoms. The first-order valence-electron chi connectivity index (χ1n) is 4.72. The molecule has 0 amide bonds. The molecule has 1 aromatic rings. The van der Waals surface area contributed by atoms with Crippen molar-refractivity contribution in [2.75, 3.05) is 0 Å². The van der Waals surface area contributed by atoms with Crippen LogP contribution in [0.2, 0.25) is 0 Å². The summed E-state index contributed by atoms with van der Waals surface area (Å²) in [4.78, 5) is 9.54. The van der Waals surface area contributed by atoms with E-state index in [1.54, 1.807) is 0 Å². The van der Waals surface area contributed by atoms with E-state index in [1.807, 2.05) is 6.92 Å². The second kappa shape index (κ2) is 4.63. The molecule has 1 aromatic carbocycles. The van der Waals surface area contributed by atoms with Gasteiger partial charge in [-0.15, -0.1) is 5.75 Å². The number of aryl methyl sites for hydroxylation is 1. The van der Waals surface area contributed by atoms with Crippen LogP contribution in [0.5, 0.6) is 11.5 Å². The maximum absolute atomic E-state index is 11.4. The summed E-state index contributed by atoms with van der Waals surface area (Å²) in [7, 11) is 0. The second-order valence-electron chi connectivity index (χ2n) is 3.26. The molecule has 0 radical (unpaired) electrons. The predicted octanol–water partition coefficient (Wildman–Crippen LogP) is 1.08. The number of hydrogen-bond donors (Lipinski definition) is 0. The summed E-state index contributed by atoms with van der Waals surface area (Å²) in [5.74, 6) is -1.74. The van der Waals surface area contributed by atoms with Crippen molar-refractivity contribution in [3.8, 4) is 11.5 Å². The van der Waals surface area contributed by atoms with Crippen LogP contribution in [0.3, 0.4) is 0 Å². The Hall–Kier alpha value is -1.78. The van der Waals surface area contributed by atoms with E-state index in [0.29, 0.717) is 12.0 Å². The Morgan fingerprint density at radius 2 is 1.93 bits per heavy atom. The normalized spacial score (nSPS) is 10.2. The third-order valence-corrected chi connectivity index (χ3v) is 2.17. The van der Waals surface area contributed by atoms with Gasteiger partial charge in [0, 0.05) is 6.07 Å². The summed E-state index contributed by atoms with van der Waals surface area (Å²) >= 11 is 0. The molecular weight excluding hydrogens is 198 g/mol. The van der Waals surface area contributed by atoms with Gasteiger partial charge >= 0.3 is 0 Å². The minimum Gasteiger partial charge on any atom is -0.873 e. The Morgan fingerprint density at radius 3 is 2.47 bits per heavy atom. The van der Waals surface area contributed by atoms with E-state index >= 15 is 0 Å². The molecule has 0 unspecified atom stereocenters. The van der Waals surface area contributed by atoms with Gasteiger partial charge in [0.15, 0.2) is 0 Å². The molecule has 0 aliphatic heterocycles. The minimum absolute atomic E-state index is 0.368. The molecule has 5 heteroatoms. The average Bonchev–Trinajstić information content (AvgIpc) is 2.20. The average molecular weight is 209 g/mol. The van der Waals surface area contributed by atoms with E-state index < -0.39 is 22.1 Å². The van der Waals surface area contributed by atoms with Gasteiger partial charge in [-0.25, -0.2) is 0 Å². The van der Waals surface area contributed by atoms with Crippen molar-refractivity contribution in [3.05, 3.63) is 27.8 Å². The molecule has 0 saturated heterocycles. The smallest absolute Gasteiger partial charge is 0.261 e. The zero-order valence-corrected chi connectivity index (χ0v) is 8.36. The summed E-state index contributed by atoms with van der Waals surface area (Å²) in [6.07, 6.45) is 2.21. The van der Waals surface area contributed by atoms with Gasteiger partial charge in [-0.1, -0.05) is 25.0 Å². The lowest BCUT2D eigenvalue weighted by Gasteiger charge is -2.21. The Balaban J connectivity index is 3.04. The lowest BCUT2D eigenvalue weighted by molar-refractivity contribution is -0.402. The third kappa shape index (κ3) is 2.37. The van der Waals surface area contributed by atoms with Crippen LogP contribution >= 0.6 is 0 Å². The van der Waals surface area contributed by atoms with Crippen LogP contribution in [0.4, 0.5) is 5.69 Å². The number of nitro groups is 1. The molecule has 82 valence electrons. The van der Waals surface area contributed by atoms with Gasteiger partial charge in [0.1, 0.15) is 0 Å². The second-order valence-corrected chi connectivity index (χ2v) is 3.26. The van der Waals surface area contributed by atoms with Crippen molar-refractivity contribution in [1.29, 1.82) is 0 Å². The Kier molecular flexibility index (Phi) is 3.49. The van der Waals surface area contributed by atoms with Crippen LogP contribution in [-0.2, 0) is 6.42 Å². The molecule has 0 aliphatic rings. The third-order valence-electron chi connectivity index (χ3n) is 2.17. The summed E-state index contributed by atoms with van der Waals surface area (Å²) in [6.45, 7) is 1.97. The molecule has 0 heterocycles. The molecule has 0 saturated carbocycles. The van der Waals surface area contributed by atoms with Crippen LogP contribution in [0.15, 0.2) is 12.1 Å². The summed E-state index contributed by atoms with van der Waals surface area (Å²) in [5, 5.41) is 33.0. The zero-order chi connectivity index (χ0) is 11.4. The highest BCUT2D eigenvalue weighted by Crippen LogP contribution is 2.33. The monoisotopic (exact) mass is 209 g/mol. The quantitative estimate of drug-likeness (QED) is 0.548. The van der Waals surface area contributed by atoms with Gasteiger partial charge in [0.25, 0.3) is 5.69 Å². The Bertz CT molecular complexity index is 376. The topological polar surface area (TPSA) is 89.3 Å². The van der Waals surface area contributed by atoms with Gasteiger partial charge < -0.3 is 10.2 Å². The largest absolute Gasteiger partial charge is 0.873 e. The number of nitro benzene ring substituents is 1. The highest BCUT2D eigenvalue weighted by molar-refractivity contribution is 5.56. The van der Waals surface area contributed by atoms with E-state index in [4.69, 9.17) is 0 Å². The standard InChI is InChI=1S/C10H13NO4/c1-2-3-4-7-5-6-8(11(14)15)10(13)9(7)12/h5-6,12-13H,2-4H2,1H3/p-2. The molecule has 0 spiro atoms. The summed E-state index contributed by atoms with van der Waals surface area (Å²) in [5.41, 5.74) is -0.271. The molecular formula is C10H11NO4-2. The molecule has 0 N–H and O–H groups in total. The van der Waals surface area contributed by atoms with Gasteiger partial charge in [-0.05, 0) is 18.6 Å². The molecule has 0 atom stereocenters. The molecule has 0 aliphatic carbocycles. The number of hydrogen-bond acceptors (Lipinski definition) is 4. The highest BCUT2D eigenvalue weighted by atomic mass is 16.6. The molecule has 0 bridgehead atoms. The van der Waals surface area contributed by atoms with Crippen LogP contribution in [0.25, 0.3) is 0 Å². The minimum atomic E-state index is -1.01. The molecule has 0 aromatic heterocycles. The number of benzene rings is 1. The van der Waals surface area contributed by atoms with Crippen molar-refractivity contribution < 1.29 is 15.1 Å². The van der Waals surface area contributed by atoms with Crippen LogP contribution in [-0.4, -0.2) is 4.92 Å². The van der Waals surface area contributed by atoms with Crippen LogP contribution in [0, 0.1) is 10.1 Å². The van der Waals surface area contributed by atoms with E-state index in [1.165, 1.54) is 6.07 Å². The van der Waals surface area contributed by atoms with Gasteiger partial charge in [-0.2, -0.15) is 0 Å². The van der Waals surface area contributed by atoms with E-state index in [9.17, 15) is 20.3 Å². The van der Waals surface area contributed by atoms with E-state index in [2.05, 4.69) is 0 Å². The lowest BCUT2D eigenvalue weighted by atomic mass is 10.1. The first kappa shape index (κ1) is 11.3. The molecule has 0 fully saturated rings. The van der Waals surface area contributed by atoms with Gasteiger partial charge in [0.05, 0.1) is 4.92 Å². The number of nitrogens with zero attached hydrogens (tertiary/aromatic N) is 1. The predicted molar refractivity (Wildman–Crippen MR) is 50.6 cm³/mol. The summed E-state index contributed by atoms with van der Waals surface area (Å²) in [6, 6.07) is 2.48. The maximum Gasteiger partial charge on any atom is 0.261 e. The summed E-state index contributed by atoms with van der Waals surface area (Å²) < 4.78 is 0. The van der Waals surface area contributed by atoms with Gasteiger partial charge in [0.2, 0.25) is 0 Å². The fourth-order valence-electron chi connectivity index (χ4n) is 1.30. The van der Waals surface area contributed by atoms with E-state index in [0.717, 1.165) is 18.9 Å². The first-order valence-corrected chi connectivity index (χ1v) is 4.72. The number of rotatable bonds is 4. The Morgan fingerprint density at radius 1 is 1.27 bits per heavy atom. The maximum atomic E-state index is 11.4. The van der Waals surface area contributed by atoms with Crippen molar-refractivity contribution >= 4 is 5.69 Å². The van der Waals surface area contributed by atoms with E-state index in [-0.39, 0.29) is 0 Å². The lowest BCUT2D eigenvalue weighted by Crippen LogP contribution is -2.06. The van der Waals surface area contributed by atoms with Crippen LogP contribution < -0.4 is 10.2 Å². The van der Waals surface area contributed by atoms with Crippen molar-refractivity contribution in [1.82, 2.24) is 0 Å². The zero-order valence-electron chi connectivity index (χ0n) is 8.36. The fraction of sp³-hybridized carbons (Fsp3) is 0.400.